The first-order valence-electron chi connectivity index (χ1n) is 6.81. The van der Waals surface area contributed by atoms with E-state index in [0.29, 0.717) is 21.9 Å². The van der Waals surface area contributed by atoms with E-state index >= 15 is 0 Å². The number of amides is 1. The molecule has 0 aliphatic heterocycles. The van der Waals surface area contributed by atoms with Crippen LogP contribution in [0.2, 0.25) is 5.02 Å². The smallest absolute Gasteiger partial charge is 0.291 e. The van der Waals surface area contributed by atoms with E-state index in [1.165, 1.54) is 7.11 Å². The summed E-state index contributed by atoms with van der Waals surface area (Å²) in [5, 5.41) is 0.415. The molecule has 2 N–H and O–H groups in total. The predicted molar refractivity (Wildman–Crippen MR) is 87.9 cm³/mol. The van der Waals surface area contributed by atoms with Gasteiger partial charge in [0.1, 0.15) is 11.4 Å². The molecule has 0 aliphatic carbocycles. The number of rotatable bonds is 4. The fraction of sp³-hybridized carbons (Fsp3) is 0.0588. The van der Waals surface area contributed by atoms with Crippen molar-refractivity contribution in [1.82, 2.24) is 4.40 Å². The summed E-state index contributed by atoms with van der Waals surface area (Å²) in [6, 6.07) is 12.4. The van der Waals surface area contributed by atoms with Gasteiger partial charge in [-0.15, -0.1) is 0 Å². The van der Waals surface area contributed by atoms with Crippen LogP contribution in [-0.2, 0) is 4.79 Å². The maximum atomic E-state index is 12.3. The molecule has 0 atom stereocenters. The van der Waals surface area contributed by atoms with Crippen molar-refractivity contribution in [2.75, 3.05) is 7.11 Å². The van der Waals surface area contributed by atoms with Crippen LogP contribution in [0.3, 0.4) is 0 Å². The van der Waals surface area contributed by atoms with E-state index in [0.717, 1.165) is 5.52 Å². The average molecular weight is 329 g/mol. The van der Waals surface area contributed by atoms with Gasteiger partial charge in [0.15, 0.2) is 0 Å². The van der Waals surface area contributed by atoms with Gasteiger partial charge in [0.05, 0.1) is 12.1 Å². The average Bonchev–Trinajstić information content (AvgIpc) is 2.93. The van der Waals surface area contributed by atoms with Crippen molar-refractivity contribution in [1.29, 1.82) is 0 Å². The molecule has 1 amide bonds. The number of hydrogen-bond acceptors (Lipinski definition) is 3. The van der Waals surface area contributed by atoms with Gasteiger partial charge in [-0.1, -0.05) is 23.7 Å². The third-order valence-electron chi connectivity index (χ3n) is 3.58. The summed E-state index contributed by atoms with van der Waals surface area (Å²) >= 11 is 6.16. The van der Waals surface area contributed by atoms with E-state index in [1.807, 2.05) is 18.2 Å². The van der Waals surface area contributed by atoms with E-state index in [4.69, 9.17) is 22.1 Å². The normalized spacial score (nSPS) is 10.7. The fourth-order valence-corrected chi connectivity index (χ4v) is 2.78. The van der Waals surface area contributed by atoms with Crippen molar-refractivity contribution in [3.8, 4) is 16.9 Å². The van der Waals surface area contributed by atoms with Crippen LogP contribution in [0.25, 0.3) is 16.6 Å². The Morgan fingerprint density at radius 2 is 1.96 bits per heavy atom. The molecular formula is C17H13ClN2O3. The van der Waals surface area contributed by atoms with Gasteiger partial charge in [-0.25, -0.2) is 0 Å². The molecule has 3 rings (SSSR count). The summed E-state index contributed by atoms with van der Waals surface area (Å²) in [7, 11) is 1.52. The van der Waals surface area contributed by atoms with Crippen LogP contribution >= 0.6 is 11.6 Å². The third-order valence-corrected chi connectivity index (χ3v) is 3.88. The largest absolute Gasteiger partial charge is 0.495 e. The Balaban J connectivity index is 2.28. The van der Waals surface area contributed by atoms with Crippen LogP contribution in [0.5, 0.6) is 5.75 Å². The van der Waals surface area contributed by atoms with E-state index in [2.05, 4.69) is 0 Å². The number of pyridine rings is 1. The predicted octanol–water partition coefficient (Wildman–Crippen LogP) is 2.94. The van der Waals surface area contributed by atoms with Crippen molar-refractivity contribution >= 4 is 28.8 Å². The Morgan fingerprint density at radius 3 is 2.61 bits per heavy atom. The minimum Gasteiger partial charge on any atom is -0.495 e. The van der Waals surface area contributed by atoms with Gasteiger partial charge < -0.3 is 14.9 Å². The molecule has 0 unspecified atom stereocenters. The summed E-state index contributed by atoms with van der Waals surface area (Å²) in [4.78, 5) is 23.7. The topological polar surface area (TPSA) is 73.8 Å². The zero-order valence-electron chi connectivity index (χ0n) is 12.2. The third kappa shape index (κ3) is 2.55. The second kappa shape index (κ2) is 5.78. The highest BCUT2D eigenvalue weighted by atomic mass is 35.5. The molecule has 1 aromatic carbocycles. The van der Waals surface area contributed by atoms with Crippen molar-refractivity contribution in [2.45, 2.75) is 0 Å². The SMILES string of the molecule is COc1ccc(-c2cc3ccccn3c2C(=O)C(N)=O)cc1Cl. The maximum absolute atomic E-state index is 12.3. The van der Waals surface area contributed by atoms with Crippen molar-refractivity contribution < 1.29 is 14.3 Å². The summed E-state index contributed by atoms with van der Waals surface area (Å²) < 4.78 is 6.77. The molecule has 0 aliphatic rings. The van der Waals surface area contributed by atoms with Crippen molar-refractivity contribution in [3.63, 3.8) is 0 Å². The van der Waals surface area contributed by atoms with Gasteiger partial charge in [0, 0.05) is 17.3 Å². The Kier molecular flexibility index (Phi) is 3.80. The summed E-state index contributed by atoms with van der Waals surface area (Å²) in [6.07, 6.45) is 1.71. The second-order valence-electron chi connectivity index (χ2n) is 4.94. The molecule has 0 bridgehead atoms. The number of carbonyl (C=O) groups excluding carboxylic acids is 2. The van der Waals surface area contributed by atoms with Crippen LogP contribution in [-0.4, -0.2) is 23.2 Å². The number of nitrogens with two attached hydrogens (primary N) is 1. The van der Waals surface area contributed by atoms with Crippen LogP contribution in [0.1, 0.15) is 10.5 Å². The van der Waals surface area contributed by atoms with Gasteiger partial charge in [-0.2, -0.15) is 0 Å². The molecule has 0 saturated carbocycles. The number of Topliss-reactive ketones (excluding diaryl/α,β-unsaturated/α-hetero) is 1. The lowest BCUT2D eigenvalue weighted by molar-refractivity contribution is -0.114. The second-order valence-corrected chi connectivity index (χ2v) is 5.35. The summed E-state index contributed by atoms with van der Waals surface area (Å²) in [5.74, 6) is -1.23. The number of nitrogens with zero attached hydrogens (tertiary/aromatic N) is 1. The number of aromatic nitrogens is 1. The molecule has 0 radical (unpaired) electrons. The first-order chi connectivity index (χ1) is 11.0. The maximum Gasteiger partial charge on any atom is 0.291 e. The molecule has 0 spiro atoms. The highest BCUT2D eigenvalue weighted by molar-refractivity contribution is 6.43. The van der Waals surface area contributed by atoms with Gasteiger partial charge in [-0.3, -0.25) is 9.59 Å². The quantitative estimate of drug-likeness (QED) is 0.591. The fourth-order valence-electron chi connectivity index (χ4n) is 2.53. The summed E-state index contributed by atoms with van der Waals surface area (Å²) in [6.45, 7) is 0. The molecule has 116 valence electrons. The Morgan fingerprint density at radius 1 is 1.17 bits per heavy atom. The standard InChI is InChI=1S/C17H13ClN2O3/c1-23-14-6-5-10(8-13(14)18)12-9-11-4-2-3-7-20(11)15(12)16(21)17(19)22/h2-9H,1H3,(H2,19,22). The lowest BCUT2D eigenvalue weighted by Gasteiger charge is -2.07. The Bertz CT molecular complexity index is 931. The number of halogens is 1. The Labute approximate surface area is 137 Å². The van der Waals surface area contributed by atoms with Crippen LogP contribution in [0, 0.1) is 0 Å². The minimum atomic E-state index is -1.00. The number of fused-ring (bicyclic) bond motifs is 1. The molecule has 6 heteroatoms. The molecule has 2 aromatic heterocycles. The molecular weight excluding hydrogens is 316 g/mol. The van der Waals surface area contributed by atoms with E-state index in [-0.39, 0.29) is 5.69 Å². The molecule has 0 fully saturated rings. The zero-order chi connectivity index (χ0) is 16.6. The number of hydrogen-bond donors (Lipinski definition) is 1. The Hall–Kier alpha value is -2.79. The zero-order valence-corrected chi connectivity index (χ0v) is 13.0. The van der Waals surface area contributed by atoms with Crippen molar-refractivity contribution in [2.24, 2.45) is 5.73 Å². The van der Waals surface area contributed by atoms with E-state index < -0.39 is 11.7 Å². The molecule has 5 nitrogen and oxygen atoms in total. The molecule has 23 heavy (non-hydrogen) atoms. The van der Waals surface area contributed by atoms with Crippen LogP contribution < -0.4 is 10.5 Å². The molecule has 2 heterocycles. The van der Waals surface area contributed by atoms with Crippen molar-refractivity contribution in [3.05, 3.63) is 59.4 Å². The van der Waals surface area contributed by atoms with Gasteiger partial charge in [0.2, 0.25) is 0 Å². The number of benzene rings is 1. The van der Waals surface area contributed by atoms with Crippen LogP contribution in [0.15, 0.2) is 48.7 Å². The molecule has 0 saturated heterocycles. The monoisotopic (exact) mass is 328 g/mol. The number of methoxy groups -OCH3 is 1. The number of carbonyl (C=O) groups is 2. The first kappa shape index (κ1) is 15.1. The number of primary amides is 1. The van der Waals surface area contributed by atoms with Crippen LogP contribution in [0.4, 0.5) is 0 Å². The number of ether oxygens (including phenoxy) is 1. The lowest BCUT2D eigenvalue weighted by Crippen LogP contribution is -2.24. The van der Waals surface area contributed by atoms with Gasteiger partial charge >= 0.3 is 0 Å². The van der Waals surface area contributed by atoms with E-state index in [1.54, 1.807) is 34.9 Å². The first-order valence-corrected chi connectivity index (χ1v) is 7.19. The minimum absolute atomic E-state index is 0.217. The highest BCUT2D eigenvalue weighted by Crippen LogP contribution is 2.33. The van der Waals surface area contributed by atoms with E-state index in [9.17, 15) is 9.59 Å². The highest BCUT2D eigenvalue weighted by Gasteiger charge is 2.23. The molecule has 3 aromatic rings. The number of ketones is 1. The van der Waals surface area contributed by atoms with Gasteiger partial charge in [0.25, 0.3) is 11.7 Å². The lowest BCUT2D eigenvalue weighted by atomic mass is 10.0. The van der Waals surface area contributed by atoms with Gasteiger partial charge in [-0.05, 0) is 35.9 Å². The summed E-state index contributed by atoms with van der Waals surface area (Å²) in [5.41, 5.74) is 7.47.